The number of aromatic nitrogens is 2. The normalized spacial score (nSPS) is 12.8. The van der Waals surface area contributed by atoms with Crippen molar-refractivity contribution in [3.05, 3.63) is 107 Å². The third-order valence-electron chi connectivity index (χ3n) is 5.18. The molecule has 0 atom stereocenters. The Labute approximate surface area is 182 Å². The van der Waals surface area contributed by atoms with Gasteiger partial charge in [0, 0.05) is 12.4 Å². The van der Waals surface area contributed by atoms with Crippen molar-refractivity contribution in [3.8, 4) is 5.69 Å². The molecule has 3 heterocycles. The smallest absolute Gasteiger partial charge is 0.338 e. The number of ether oxygens (including phenoxy) is 1. The fourth-order valence-corrected chi connectivity index (χ4v) is 3.52. The zero-order valence-corrected chi connectivity index (χ0v) is 16.8. The molecule has 8 heteroatoms. The average Bonchev–Trinajstić information content (AvgIpc) is 3.58. The molecule has 5 rings (SSSR count). The molecule has 0 unspecified atom stereocenters. The summed E-state index contributed by atoms with van der Waals surface area (Å²) in [6, 6.07) is 17.0. The van der Waals surface area contributed by atoms with E-state index in [1.165, 1.54) is 24.5 Å². The van der Waals surface area contributed by atoms with Crippen LogP contribution in [-0.4, -0.2) is 32.5 Å². The minimum absolute atomic E-state index is 0.0354. The fourth-order valence-electron chi connectivity index (χ4n) is 3.52. The lowest BCUT2D eigenvalue weighted by Crippen LogP contribution is -2.28. The number of esters is 1. The van der Waals surface area contributed by atoms with Crippen molar-refractivity contribution in [3.63, 3.8) is 0 Å². The standard InChI is InChI=1S/C24H17N3O5/c28-22-20-9-6-17(13-21(20)23(29)26(22)14-19-3-1-12-31-19)24(30)32-15-16-4-7-18(8-5-16)27-11-2-10-25-27/h1-13H,14-15H2. The van der Waals surface area contributed by atoms with E-state index in [9.17, 15) is 14.4 Å². The third-order valence-corrected chi connectivity index (χ3v) is 5.18. The molecule has 0 saturated carbocycles. The molecular formula is C24H17N3O5. The van der Waals surface area contributed by atoms with Gasteiger partial charge < -0.3 is 9.15 Å². The Bertz CT molecular complexity index is 1290. The zero-order valence-electron chi connectivity index (χ0n) is 16.8. The van der Waals surface area contributed by atoms with Gasteiger partial charge in [-0.2, -0.15) is 5.10 Å². The van der Waals surface area contributed by atoms with Crippen molar-refractivity contribution in [2.75, 3.05) is 0 Å². The van der Waals surface area contributed by atoms with E-state index in [1.54, 1.807) is 23.0 Å². The molecule has 2 amide bonds. The van der Waals surface area contributed by atoms with Crippen LogP contribution in [-0.2, 0) is 17.9 Å². The molecule has 2 aromatic heterocycles. The average molecular weight is 427 g/mol. The third kappa shape index (κ3) is 3.58. The minimum Gasteiger partial charge on any atom is -0.467 e. The first-order chi connectivity index (χ1) is 15.6. The molecule has 4 aromatic rings. The largest absolute Gasteiger partial charge is 0.467 e. The molecule has 0 radical (unpaired) electrons. The molecule has 0 fully saturated rings. The molecule has 0 N–H and O–H groups in total. The van der Waals surface area contributed by atoms with Crippen LogP contribution in [0.2, 0.25) is 0 Å². The molecular weight excluding hydrogens is 410 g/mol. The SMILES string of the molecule is O=C(OCc1ccc(-n2cccn2)cc1)c1ccc2c(c1)C(=O)N(Cc1ccco1)C2=O. The van der Waals surface area contributed by atoms with E-state index in [0.717, 1.165) is 16.2 Å². The van der Waals surface area contributed by atoms with E-state index in [2.05, 4.69) is 5.10 Å². The summed E-state index contributed by atoms with van der Waals surface area (Å²) in [6.45, 7) is 0.112. The second-order valence-electron chi connectivity index (χ2n) is 7.23. The number of benzene rings is 2. The first-order valence-electron chi connectivity index (χ1n) is 9.89. The van der Waals surface area contributed by atoms with Crippen LogP contribution in [0, 0.1) is 0 Å². The predicted molar refractivity (Wildman–Crippen MR) is 112 cm³/mol. The summed E-state index contributed by atoms with van der Waals surface area (Å²) in [4.78, 5) is 38.9. The van der Waals surface area contributed by atoms with Crippen molar-refractivity contribution < 1.29 is 23.5 Å². The molecule has 8 nitrogen and oxygen atoms in total. The Balaban J connectivity index is 1.26. The van der Waals surface area contributed by atoms with Crippen LogP contribution in [0.1, 0.15) is 42.4 Å². The first kappa shape index (κ1) is 19.5. The Morgan fingerprint density at radius 2 is 1.78 bits per heavy atom. The highest BCUT2D eigenvalue weighted by molar-refractivity contribution is 6.21. The molecule has 0 bridgehead atoms. The number of hydrogen-bond donors (Lipinski definition) is 0. The second kappa shape index (κ2) is 7.99. The number of carbonyl (C=O) groups excluding carboxylic acids is 3. The van der Waals surface area contributed by atoms with Gasteiger partial charge in [0.2, 0.25) is 0 Å². The van der Waals surface area contributed by atoms with Crippen molar-refractivity contribution >= 4 is 17.8 Å². The molecule has 1 aliphatic rings. The molecule has 32 heavy (non-hydrogen) atoms. The van der Waals surface area contributed by atoms with Crippen molar-refractivity contribution in [2.45, 2.75) is 13.2 Å². The number of rotatable bonds is 6. The van der Waals surface area contributed by atoms with Crippen LogP contribution >= 0.6 is 0 Å². The van der Waals surface area contributed by atoms with Gasteiger partial charge in [-0.15, -0.1) is 0 Å². The number of furan rings is 1. The lowest BCUT2D eigenvalue weighted by atomic mass is 10.1. The van der Waals surface area contributed by atoms with Gasteiger partial charge >= 0.3 is 5.97 Å². The number of carbonyl (C=O) groups is 3. The van der Waals surface area contributed by atoms with E-state index in [1.807, 2.05) is 36.5 Å². The number of fused-ring (bicyclic) bond motifs is 1. The maximum Gasteiger partial charge on any atom is 0.338 e. The summed E-state index contributed by atoms with van der Waals surface area (Å²) in [5.74, 6) is -0.963. The van der Waals surface area contributed by atoms with Crippen LogP contribution in [0.4, 0.5) is 0 Å². The minimum atomic E-state index is -0.575. The van der Waals surface area contributed by atoms with Gasteiger partial charge in [-0.1, -0.05) is 12.1 Å². The molecule has 158 valence electrons. The monoisotopic (exact) mass is 427 g/mol. The highest BCUT2D eigenvalue weighted by Gasteiger charge is 2.36. The number of nitrogens with zero attached hydrogens (tertiary/aromatic N) is 3. The molecule has 2 aromatic carbocycles. The van der Waals surface area contributed by atoms with E-state index in [-0.39, 0.29) is 29.8 Å². The topological polar surface area (TPSA) is 94.6 Å². The van der Waals surface area contributed by atoms with Crippen LogP contribution in [0.15, 0.2) is 83.7 Å². The zero-order chi connectivity index (χ0) is 22.1. The number of imide groups is 1. The number of hydrogen-bond acceptors (Lipinski definition) is 6. The quantitative estimate of drug-likeness (QED) is 0.345. The van der Waals surface area contributed by atoms with E-state index in [0.29, 0.717) is 5.76 Å². The fraction of sp³-hybridized carbons (Fsp3) is 0.0833. The Morgan fingerprint density at radius 1 is 0.969 bits per heavy atom. The predicted octanol–water partition coefficient (Wildman–Crippen LogP) is 3.62. The van der Waals surface area contributed by atoms with Crippen molar-refractivity contribution in [1.29, 1.82) is 0 Å². The highest BCUT2D eigenvalue weighted by Crippen LogP contribution is 2.26. The Morgan fingerprint density at radius 3 is 2.50 bits per heavy atom. The van der Waals surface area contributed by atoms with E-state index in [4.69, 9.17) is 9.15 Å². The van der Waals surface area contributed by atoms with E-state index >= 15 is 0 Å². The summed E-state index contributed by atoms with van der Waals surface area (Å²) >= 11 is 0. The van der Waals surface area contributed by atoms with Crippen LogP contribution in [0.3, 0.4) is 0 Å². The highest BCUT2D eigenvalue weighted by atomic mass is 16.5. The van der Waals surface area contributed by atoms with Crippen molar-refractivity contribution in [1.82, 2.24) is 14.7 Å². The van der Waals surface area contributed by atoms with Gasteiger partial charge in [-0.3, -0.25) is 14.5 Å². The van der Waals surface area contributed by atoms with E-state index < -0.39 is 17.8 Å². The van der Waals surface area contributed by atoms with Gasteiger partial charge in [0.25, 0.3) is 11.8 Å². The summed E-state index contributed by atoms with van der Waals surface area (Å²) in [5.41, 5.74) is 2.35. The van der Waals surface area contributed by atoms with Gasteiger partial charge in [0.05, 0.1) is 35.2 Å². The summed E-state index contributed by atoms with van der Waals surface area (Å²) < 4.78 is 12.4. The Hall–Kier alpha value is -4.46. The Kier molecular flexibility index (Phi) is 4.87. The molecule has 0 aliphatic carbocycles. The van der Waals surface area contributed by atoms with Gasteiger partial charge in [0.15, 0.2) is 0 Å². The maximum absolute atomic E-state index is 12.7. The summed E-state index contributed by atoms with van der Waals surface area (Å²) in [5, 5.41) is 4.17. The maximum atomic E-state index is 12.7. The molecule has 0 spiro atoms. The van der Waals surface area contributed by atoms with Crippen LogP contribution < -0.4 is 0 Å². The lowest BCUT2D eigenvalue weighted by Gasteiger charge is -2.11. The molecule has 1 aliphatic heterocycles. The van der Waals surface area contributed by atoms with Crippen molar-refractivity contribution in [2.24, 2.45) is 0 Å². The summed E-state index contributed by atoms with van der Waals surface area (Å²) in [7, 11) is 0. The van der Waals surface area contributed by atoms with Crippen LogP contribution in [0.5, 0.6) is 0 Å². The summed E-state index contributed by atoms with van der Waals surface area (Å²) in [6.07, 6.45) is 5.01. The second-order valence-corrected chi connectivity index (χ2v) is 7.23. The molecule has 0 saturated heterocycles. The lowest BCUT2D eigenvalue weighted by molar-refractivity contribution is 0.0472. The first-order valence-corrected chi connectivity index (χ1v) is 9.89. The number of amides is 2. The van der Waals surface area contributed by atoms with Crippen LogP contribution in [0.25, 0.3) is 5.69 Å². The van der Waals surface area contributed by atoms with Gasteiger partial charge in [-0.25, -0.2) is 9.48 Å². The van der Waals surface area contributed by atoms with Gasteiger partial charge in [0.1, 0.15) is 12.4 Å². The van der Waals surface area contributed by atoms with Gasteiger partial charge in [-0.05, 0) is 54.1 Å².